The van der Waals surface area contributed by atoms with Gasteiger partial charge in [-0.05, 0) is 38.8 Å². The molecule has 0 aliphatic carbocycles. The van der Waals surface area contributed by atoms with E-state index < -0.39 is 0 Å². The highest BCUT2D eigenvalue weighted by Crippen LogP contribution is 2.16. The number of aromatic nitrogens is 1. The molecule has 0 aromatic carbocycles. The fourth-order valence-electron chi connectivity index (χ4n) is 2.63. The van der Waals surface area contributed by atoms with Gasteiger partial charge in [-0.1, -0.05) is 6.42 Å². The first-order valence-corrected chi connectivity index (χ1v) is 7.13. The predicted octanol–water partition coefficient (Wildman–Crippen LogP) is 2.63. The summed E-state index contributed by atoms with van der Waals surface area (Å²) in [5.74, 6) is 0. The topological polar surface area (TPSA) is 52.0 Å². The Labute approximate surface area is 115 Å². The fraction of sp³-hybridized carbons (Fsp3) is 0.600. The highest BCUT2D eigenvalue weighted by atomic mass is 15.2. The van der Waals surface area contributed by atoms with Gasteiger partial charge in [-0.2, -0.15) is 5.26 Å². The van der Waals surface area contributed by atoms with Crippen molar-refractivity contribution in [1.82, 2.24) is 9.88 Å². The summed E-state index contributed by atoms with van der Waals surface area (Å²) in [6, 6.07) is 4.65. The molecule has 1 aromatic heterocycles. The number of rotatable bonds is 5. The standard InChI is InChI=1S/C15H22N4/c1-13-5-2-3-9-19(13)10-4-7-18-15-12-17-8-6-14(15)11-16/h6,8,12-13,18H,2-5,7,9-10H2,1H3. The molecule has 1 aromatic rings. The van der Waals surface area contributed by atoms with Crippen LogP contribution in [0.4, 0.5) is 5.69 Å². The lowest BCUT2D eigenvalue weighted by atomic mass is 10.0. The maximum absolute atomic E-state index is 8.99. The molecule has 1 unspecified atom stereocenters. The lowest BCUT2D eigenvalue weighted by Crippen LogP contribution is -2.38. The molecule has 4 nitrogen and oxygen atoms in total. The zero-order valence-electron chi connectivity index (χ0n) is 11.6. The average molecular weight is 258 g/mol. The van der Waals surface area contributed by atoms with E-state index in [1.165, 1.54) is 25.8 Å². The maximum Gasteiger partial charge on any atom is 0.101 e. The SMILES string of the molecule is CC1CCCCN1CCCNc1cnccc1C#N. The number of hydrogen-bond acceptors (Lipinski definition) is 4. The van der Waals surface area contributed by atoms with Crippen LogP contribution in [0.15, 0.2) is 18.5 Å². The van der Waals surface area contributed by atoms with E-state index in [1.807, 2.05) is 0 Å². The summed E-state index contributed by atoms with van der Waals surface area (Å²) in [7, 11) is 0. The highest BCUT2D eigenvalue weighted by Gasteiger charge is 2.16. The molecule has 0 spiro atoms. The smallest absolute Gasteiger partial charge is 0.101 e. The minimum atomic E-state index is 0.668. The second-order valence-corrected chi connectivity index (χ2v) is 5.19. The van der Waals surface area contributed by atoms with Crippen LogP contribution in [0, 0.1) is 11.3 Å². The Morgan fingerprint density at radius 3 is 3.21 bits per heavy atom. The largest absolute Gasteiger partial charge is 0.383 e. The normalized spacial score (nSPS) is 19.9. The van der Waals surface area contributed by atoms with Crippen molar-refractivity contribution >= 4 is 5.69 Å². The van der Waals surface area contributed by atoms with Gasteiger partial charge in [0.2, 0.25) is 0 Å². The van der Waals surface area contributed by atoms with Gasteiger partial charge in [-0.15, -0.1) is 0 Å². The summed E-state index contributed by atoms with van der Waals surface area (Å²) >= 11 is 0. The molecule has 1 aliphatic rings. The van der Waals surface area contributed by atoms with Crippen LogP contribution in [-0.2, 0) is 0 Å². The quantitative estimate of drug-likeness (QED) is 0.825. The van der Waals surface area contributed by atoms with Crippen LogP contribution in [0.25, 0.3) is 0 Å². The van der Waals surface area contributed by atoms with Crippen molar-refractivity contribution in [3.63, 3.8) is 0 Å². The van der Waals surface area contributed by atoms with Crippen molar-refractivity contribution in [2.45, 2.75) is 38.6 Å². The molecule has 1 N–H and O–H groups in total. The second kappa shape index (κ2) is 7.10. The first-order valence-electron chi connectivity index (χ1n) is 7.13. The third-order valence-electron chi connectivity index (χ3n) is 3.82. The van der Waals surface area contributed by atoms with E-state index in [4.69, 9.17) is 5.26 Å². The molecule has 1 aliphatic heterocycles. The molecule has 0 bridgehead atoms. The maximum atomic E-state index is 8.99. The minimum absolute atomic E-state index is 0.668. The molecule has 19 heavy (non-hydrogen) atoms. The van der Waals surface area contributed by atoms with E-state index in [-0.39, 0.29) is 0 Å². The van der Waals surface area contributed by atoms with E-state index in [0.29, 0.717) is 5.56 Å². The van der Waals surface area contributed by atoms with E-state index in [9.17, 15) is 0 Å². The molecule has 0 saturated carbocycles. The molecule has 2 heterocycles. The van der Waals surface area contributed by atoms with Crippen molar-refractivity contribution < 1.29 is 0 Å². The minimum Gasteiger partial charge on any atom is -0.383 e. The van der Waals surface area contributed by atoms with Crippen molar-refractivity contribution in [2.24, 2.45) is 0 Å². The first-order chi connectivity index (χ1) is 9.31. The second-order valence-electron chi connectivity index (χ2n) is 5.19. The average Bonchev–Trinajstić information content (AvgIpc) is 2.45. The monoisotopic (exact) mass is 258 g/mol. The number of piperidine rings is 1. The summed E-state index contributed by atoms with van der Waals surface area (Å²) in [4.78, 5) is 6.62. The van der Waals surface area contributed by atoms with Crippen LogP contribution >= 0.6 is 0 Å². The number of likely N-dealkylation sites (tertiary alicyclic amines) is 1. The fourth-order valence-corrected chi connectivity index (χ4v) is 2.63. The Kier molecular flexibility index (Phi) is 5.17. The Hall–Kier alpha value is -1.60. The highest BCUT2D eigenvalue weighted by molar-refractivity contribution is 5.55. The van der Waals surface area contributed by atoms with Gasteiger partial charge in [0.15, 0.2) is 0 Å². The van der Waals surface area contributed by atoms with Gasteiger partial charge in [0.05, 0.1) is 17.4 Å². The number of nitriles is 1. The molecule has 102 valence electrons. The van der Waals surface area contributed by atoms with E-state index in [0.717, 1.165) is 31.2 Å². The van der Waals surface area contributed by atoms with Crippen LogP contribution < -0.4 is 5.32 Å². The first kappa shape index (κ1) is 13.8. The van der Waals surface area contributed by atoms with Crippen molar-refractivity contribution in [2.75, 3.05) is 25.0 Å². The van der Waals surface area contributed by atoms with Gasteiger partial charge in [-0.3, -0.25) is 4.98 Å². The van der Waals surface area contributed by atoms with Gasteiger partial charge in [0.25, 0.3) is 0 Å². The summed E-state index contributed by atoms with van der Waals surface area (Å²) in [5, 5.41) is 12.3. The van der Waals surface area contributed by atoms with Gasteiger partial charge < -0.3 is 10.2 Å². The molecule has 4 heteroatoms. The predicted molar refractivity (Wildman–Crippen MR) is 76.9 cm³/mol. The lowest BCUT2D eigenvalue weighted by molar-refractivity contribution is 0.160. The molecule has 1 atom stereocenters. The van der Waals surface area contributed by atoms with Gasteiger partial charge in [0.1, 0.15) is 6.07 Å². The molecule has 1 saturated heterocycles. The molecule has 0 amide bonds. The zero-order chi connectivity index (χ0) is 13.5. The third kappa shape index (κ3) is 3.93. The van der Waals surface area contributed by atoms with Gasteiger partial charge in [-0.25, -0.2) is 0 Å². The van der Waals surface area contributed by atoms with E-state index in [2.05, 4.69) is 28.2 Å². The lowest BCUT2D eigenvalue weighted by Gasteiger charge is -2.33. The summed E-state index contributed by atoms with van der Waals surface area (Å²) in [6.07, 6.45) is 8.51. The summed E-state index contributed by atoms with van der Waals surface area (Å²) in [5.41, 5.74) is 1.51. The van der Waals surface area contributed by atoms with Crippen molar-refractivity contribution in [1.29, 1.82) is 5.26 Å². The third-order valence-corrected chi connectivity index (χ3v) is 3.82. The van der Waals surface area contributed by atoms with Gasteiger partial charge in [0, 0.05) is 25.3 Å². The molecular formula is C15H22N4. The van der Waals surface area contributed by atoms with Crippen LogP contribution in [0.5, 0.6) is 0 Å². The van der Waals surface area contributed by atoms with E-state index >= 15 is 0 Å². The number of pyridine rings is 1. The number of anilines is 1. The number of nitrogens with zero attached hydrogens (tertiary/aromatic N) is 3. The number of nitrogens with one attached hydrogen (secondary N) is 1. The van der Waals surface area contributed by atoms with Crippen LogP contribution in [0.2, 0.25) is 0 Å². The van der Waals surface area contributed by atoms with Crippen LogP contribution in [0.3, 0.4) is 0 Å². The Morgan fingerprint density at radius 1 is 1.53 bits per heavy atom. The van der Waals surface area contributed by atoms with Crippen LogP contribution in [0.1, 0.15) is 38.2 Å². The Bertz CT molecular complexity index is 438. The molecule has 2 rings (SSSR count). The molecule has 1 fully saturated rings. The van der Waals surface area contributed by atoms with Crippen molar-refractivity contribution in [3.05, 3.63) is 24.0 Å². The van der Waals surface area contributed by atoms with E-state index in [1.54, 1.807) is 18.5 Å². The summed E-state index contributed by atoms with van der Waals surface area (Å²) < 4.78 is 0. The number of hydrogen-bond donors (Lipinski definition) is 1. The van der Waals surface area contributed by atoms with Crippen LogP contribution in [-0.4, -0.2) is 35.6 Å². The Morgan fingerprint density at radius 2 is 2.42 bits per heavy atom. The van der Waals surface area contributed by atoms with Gasteiger partial charge >= 0.3 is 0 Å². The Balaban J connectivity index is 1.73. The zero-order valence-corrected chi connectivity index (χ0v) is 11.6. The molecule has 0 radical (unpaired) electrons. The molecular weight excluding hydrogens is 236 g/mol. The van der Waals surface area contributed by atoms with Crippen molar-refractivity contribution in [3.8, 4) is 6.07 Å². The summed E-state index contributed by atoms with van der Waals surface area (Å²) in [6.45, 7) is 5.58.